The molecule has 3 nitrogen and oxygen atoms in total. The van der Waals surface area contributed by atoms with Gasteiger partial charge in [0, 0.05) is 18.4 Å². The van der Waals surface area contributed by atoms with Crippen molar-refractivity contribution in [2.45, 2.75) is 39.2 Å². The van der Waals surface area contributed by atoms with Crippen molar-refractivity contribution >= 4 is 21.9 Å². The fraction of sp³-hybridized carbons (Fsp3) is 0.600. The average Bonchev–Trinajstić information content (AvgIpc) is 2.20. The van der Waals surface area contributed by atoms with Crippen molar-refractivity contribution in [3.63, 3.8) is 0 Å². The predicted molar refractivity (Wildman–Crippen MR) is 62.3 cm³/mol. The third kappa shape index (κ3) is 3.62. The van der Waals surface area contributed by atoms with Gasteiger partial charge in [0.15, 0.2) is 0 Å². The van der Waals surface area contributed by atoms with Crippen LogP contribution in [0.3, 0.4) is 0 Å². The van der Waals surface area contributed by atoms with Gasteiger partial charge < -0.3 is 5.32 Å². The summed E-state index contributed by atoms with van der Waals surface area (Å²) in [7, 11) is 0. The molecule has 1 aromatic heterocycles. The maximum absolute atomic E-state index is 4.18. The van der Waals surface area contributed by atoms with Crippen LogP contribution in [0.5, 0.6) is 0 Å². The van der Waals surface area contributed by atoms with Crippen molar-refractivity contribution in [1.29, 1.82) is 0 Å². The molecule has 4 heteroatoms. The van der Waals surface area contributed by atoms with Crippen molar-refractivity contribution in [1.82, 2.24) is 9.97 Å². The van der Waals surface area contributed by atoms with Crippen LogP contribution in [0, 0.1) is 0 Å². The Kier molecular flexibility index (Phi) is 4.87. The van der Waals surface area contributed by atoms with Crippen molar-refractivity contribution < 1.29 is 0 Å². The van der Waals surface area contributed by atoms with Gasteiger partial charge in [0.2, 0.25) is 5.95 Å². The lowest BCUT2D eigenvalue weighted by Gasteiger charge is -2.15. The third-order valence-corrected chi connectivity index (χ3v) is 2.49. The van der Waals surface area contributed by atoms with Gasteiger partial charge in [-0.3, -0.25) is 0 Å². The zero-order valence-electron chi connectivity index (χ0n) is 8.63. The summed E-state index contributed by atoms with van der Waals surface area (Å²) in [5.41, 5.74) is 0. The summed E-state index contributed by atoms with van der Waals surface area (Å²) in [5.74, 6) is 0.716. The highest BCUT2D eigenvalue weighted by molar-refractivity contribution is 9.10. The van der Waals surface area contributed by atoms with E-state index in [9.17, 15) is 0 Å². The highest BCUT2D eigenvalue weighted by Gasteiger charge is 2.05. The van der Waals surface area contributed by atoms with Crippen molar-refractivity contribution in [3.05, 3.63) is 16.9 Å². The minimum atomic E-state index is 0.487. The fourth-order valence-electron chi connectivity index (χ4n) is 1.30. The SMILES string of the molecule is CCCC(CC)Nc1ncc(Br)cn1. The van der Waals surface area contributed by atoms with Crippen LogP contribution in [0.2, 0.25) is 0 Å². The van der Waals surface area contributed by atoms with Gasteiger partial charge in [0.1, 0.15) is 0 Å². The van der Waals surface area contributed by atoms with Crippen LogP contribution in [0.15, 0.2) is 16.9 Å². The molecule has 14 heavy (non-hydrogen) atoms. The molecule has 0 aromatic carbocycles. The van der Waals surface area contributed by atoms with Gasteiger partial charge in [0.05, 0.1) is 4.47 Å². The predicted octanol–water partition coefficient (Wildman–Crippen LogP) is 3.23. The van der Waals surface area contributed by atoms with E-state index in [1.165, 1.54) is 6.42 Å². The number of aromatic nitrogens is 2. The Morgan fingerprint density at radius 1 is 1.36 bits per heavy atom. The smallest absolute Gasteiger partial charge is 0.222 e. The topological polar surface area (TPSA) is 37.8 Å². The molecule has 1 N–H and O–H groups in total. The molecular formula is C10H16BrN3. The maximum atomic E-state index is 4.18. The van der Waals surface area contributed by atoms with Gasteiger partial charge in [0.25, 0.3) is 0 Å². The number of nitrogens with one attached hydrogen (secondary N) is 1. The van der Waals surface area contributed by atoms with Crippen molar-refractivity contribution in [3.8, 4) is 0 Å². The molecule has 1 heterocycles. The second-order valence-corrected chi connectivity index (χ2v) is 4.18. The summed E-state index contributed by atoms with van der Waals surface area (Å²) in [4.78, 5) is 8.36. The first-order valence-electron chi connectivity index (χ1n) is 5.00. The van der Waals surface area contributed by atoms with Gasteiger partial charge in [-0.25, -0.2) is 9.97 Å². The van der Waals surface area contributed by atoms with Gasteiger partial charge >= 0.3 is 0 Å². The summed E-state index contributed by atoms with van der Waals surface area (Å²) in [6, 6.07) is 0.487. The molecule has 0 fully saturated rings. The number of rotatable bonds is 5. The lowest BCUT2D eigenvalue weighted by Crippen LogP contribution is -2.19. The Labute approximate surface area is 93.5 Å². The minimum Gasteiger partial charge on any atom is -0.352 e. The van der Waals surface area contributed by atoms with E-state index in [-0.39, 0.29) is 0 Å². The van der Waals surface area contributed by atoms with E-state index < -0.39 is 0 Å². The minimum absolute atomic E-state index is 0.487. The van der Waals surface area contributed by atoms with Gasteiger partial charge in [-0.1, -0.05) is 20.3 Å². The van der Waals surface area contributed by atoms with Crippen LogP contribution in [0.25, 0.3) is 0 Å². The Morgan fingerprint density at radius 3 is 2.50 bits per heavy atom. The molecule has 0 radical (unpaired) electrons. The Hall–Kier alpha value is -0.640. The first-order valence-corrected chi connectivity index (χ1v) is 5.79. The first-order chi connectivity index (χ1) is 6.76. The number of halogens is 1. The highest BCUT2D eigenvalue weighted by atomic mass is 79.9. The van der Waals surface area contributed by atoms with Gasteiger partial charge in [-0.15, -0.1) is 0 Å². The molecule has 1 unspecified atom stereocenters. The molecule has 1 rings (SSSR count). The van der Waals surface area contributed by atoms with E-state index in [1.807, 2.05) is 0 Å². The summed E-state index contributed by atoms with van der Waals surface area (Å²) in [6.45, 7) is 4.36. The monoisotopic (exact) mass is 257 g/mol. The summed E-state index contributed by atoms with van der Waals surface area (Å²) in [6.07, 6.45) is 6.97. The second-order valence-electron chi connectivity index (χ2n) is 3.26. The molecule has 0 aliphatic heterocycles. The van der Waals surface area contributed by atoms with Gasteiger partial charge in [-0.2, -0.15) is 0 Å². The Bertz CT molecular complexity index is 261. The van der Waals surface area contributed by atoms with E-state index in [1.54, 1.807) is 12.4 Å². The van der Waals surface area contributed by atoms with E-state index >= 15 is 0 Å². The Balaban J connectivity index is 2.53. The largest absolute Gasteiger partial charge is 0.352 e. The molecule has 1 atom stereocenters. The normalized spacial score (nSPS) is 12.5. The van der Waals surface area contributed by atoms with Crippen molar-refractivity contribution in [2.24, 2.45) is 0 Å². The molecule has 0 aliphatic carbocycles. The highest BCUT2D eigenvalue weighted by Crippen LogP contribution is 2.10. The summed E-state index contributed by atoms with van der Waals surface area (Å²) in [5, 5.41) is 3.31. The molecule has 0 amide bonds. The fourth-order valence-corrected chi connectivity index (χ4v) is 1.50. The quantitative estimate of drug-likeness (QED) is 0.881. The van der Waals surface area contributed by atoms with Crippen molar-refractivity contribution in [2.75, 3.05) is 5.32 Å². The van der Waals surface area contributed by atoms with E-state index in [0.29, 0.717) is 12.0 Å². The lowest BCUT2D eigenvalue weighted by molar-refractivity contribution is 0.617. The molecule has 0 aliphatic rings. The number of hydrogen-bond acceptors (Lipinski definition) is 3. The van der Waals surface area contributed by atoms with E-state index in [4.69, 9.17) is 0 Å². The number of hydrogen-bond donors (Lipinski definition) is 1. The lowest BCUT2D eigenvalue weighted by atomic mass is 10.1. The van der Waals surface area contributed by atoms with Crippen LogP contribution in [0.1, 0.15) is 33.1 Å². The molecule has 0 spiro atoms. The van der Waals surface area contributed by atoms with Gasteiger partial charge in [-0.05, 0) is 28.8 Å². The van der Waals surface area contributed by atoms with Crippen LogP contribution >= 0.6 is 15.9 Å². The van der Waals surface area contributed by atoms with Crippen LogP contribution in [-0.2, 0) is 0 Å². The van der Waals surface area contributed by atoms with Crippen LogP contribution in [0.4, 0.5) is 5.95 Å². The molecule has 0 saturated heterocycles. The molecule has 0 bridgehead atoms. The average molecular weight is 258 g/mol. The summed E-state index contributed by atoms with van der Waals surface area (Å²) >= 11 is 3.31. The molecule has 0 saturated carbocycles. The third-order valence-electron chi connectivity index (χ3n) is 2.08. The zero-order valence-corrected chi connectivity index (χ0v) is 10.2. The zero-order chi connectivity index (χ0) is 10.4. The number of nitrogens with zero attached hydrogens (tertiary/aromatic N) is 2. The molecular weight excluding hydrogens is 242 g/mol. The molecule has 1 aromatic rings. The van der Waals surface area contributed by atoms with E-state index in [2.05, 4.69) is 45.1 Å². The van der Waals surface area contributed by atoms with E-state index in [0.717, 1.165) is 17.3 Å². The molecule has 78 valence electrons. The number of anilines is 1. The summed E-state index contributed by atoms with van der Waals surface area (Å²) < 4.78 is 0.909. The Morgan fingerprint density at radius 2 is 2.00 bits per heavy atom. The van der Waals surface area contributed by atoms with Crippen LogP contribution < -0.4 is 5.32 Å². The first kappa shape index (κ1) is 11.4. The second kappa shape index (κ2) is 5.96. The maximum Gasteiger partial charge on any atom is 0.222 e. The van der Waals surface area contributed by atoms with Crippen LogP contribution in [-0.4, -0.2) is 16.0 Å². The standard InChI is InChI=1S/C10H16BrN3/c1-3-5-9(4-2)14-10-12-6-8(11)7-13-10/h6-7,9H,3-5H2,1-2H3,(H,12,13,14).